The quantitative estimate of drug-likeness (QED) is 0.725. The Kier molecular flexibility index (Phi) is 6.74. The molecule has 2 aromatic carbocycles. The van der Waals surface area contributed by atoms with Gasteiger partial charge >= 0.3 is 0 Å². The number of anilines is 1. The molecule has 1 aliphatic heterocycles. The van der Waals surface area contributed by atoms with Crippen LogP contribution in [0.25, 0.3) is 0 Å². The number of amides is 2. The predicted molar refractivity (Wildman–Crippen MR) is 128 cm³/mol. The molecule has 2 aliphatic rings. The molecule has 8 heteroatoms. The van der Waals surface area contributed by atoms with Crippen LogP contribution in [0.3, 0.4) is 0 Å². The van der Waals surface area contributed by atoms with Gasteiger partial charge in [-0.1, -0.05) is 37.1 Å². The second-order valence-corrected chi connectivity index (χ2v) is 10.7. The first-order valence-corrected chi connectivity index (χ1v) is 13.0. The van der Waals surface area contributed by atoms with Crippen molar-refractivity contribution in [2.75, 3.05) is 30.9 Å². The van der Waals surface area contributed by atoms with E-state index in [0.29, 0.717) is 37.3 Å². The van der Waals surface area contributed by atoms with Crippen molar-refractivity contribution in [3.8, 4) is 0 Å². The Morgan fingerprint density at radius 2 is 1.55 bits per heavy atom. The van der Waals surface area contributed by atoms with Crippen LogP contribution in [0.2, 0.25) is 0 Å². The van der Waals surface area contributed by atoms with Crippen molar-refractivity contribution in [2.24, 2.45) is 5.92 Å². The third-order valence-corrected chi connectivity index (χ3v) is 8.13. The molecule has 1 saturated carbocycles. The number of para-hydroxylation sites is 1. The second-order valence-electron chi connectivity index (χ2n) is 9.02. The normalized spacial score (nSPS) is 17.3. The van der Waals surface area contributed by atoms with Gasteiger partial charge in [0.15, 0.2) is 0 Å². The average Bonchev–Trinajstić information content (AvgIpc) is 3.35. The molecule has 4 rings (SSSR count). The lowest BCUT2D eigenvalue weighted by Crippen LogP contribution is -2.51. The summed E-state index contributed by atoms with van der Waals surface area (Å²) in [6.45, 7) is 5.49. The molecular formula is C25H31N3O4S. The van der Waals surface area contributed by atoms with Gasteiger partial charge < -0.3 is 9.80 Å². The number of rotatable bonds is 5. The first-order valence-electron chi connectivity index (χ1n) is 11.5. The fraction of sp³-hybridized carbons (Fsp3) is 0.440. The van der Waals surface area contributed by atoms with E-state index in [9.17, 15) is 18.0 Å². The highest BCUT2D eigenvalue weighted by atomic mass is 32.2. The molecule has 7 nitrogen and oxygen atoms in total. The summed E-state index contributed by atoms with van der Waals surface area (Å²) in [6, 6.07) is 11.9. The largest absolute Gasteiger partial charge is 0.339 e. The van der Waals surface area contributed by atoms with Crippen LogP contribution >= 0.6 is 0 Å². The molecule has 2 amide bonds. The Morgan fingerprint density at radius 1 is 0.909 bits per heavy atom. The Bertz CT molecular complexity index is 1150. The molecule has 0 bridgehead atoms. The summed E-state index contributed by atoms with van der Waals surface area (Å²) in [6.07, 6.45) is 4.16. The van der Waals surface area contributed by atoms with Gasteiger partial charge in [0.2, 0.25) is 5.91 Å². The molecule has 1 heterocycles. The molecule has 2 aromatic rings. The highest BCUT2D eigenvalue weighted by Gasteiger charge is 2.31. The highest BCUT2D eigenvalue weighted by molar-refractivity contribution is 7.92. The van der Waals surface area contributed by atoms with Gasteiger partial charge in [-0.2, -0.15) is 0 Å². The molecule has 0 unspecified atom stereocenters. The van der Waals surface area contributed by atoms with Gasteiger partial charge in [-0.3, -0.25) is 14.3 Å². The number of nitrogens with zero attached hydrogens (tertiary/aromatic N) is 2. The molecule has 0 spiro atoms. The second kappa shape index (κ2) is 9.55. The number of carbonyl (C=O) groups is 2. The minimum absolute atomic E-state index is 0.132. The van der Waals surface area contributed by atoms with Gasteiger partial charge in [-0.05, 0) is 56.0 Å². The fourth-order valence-corrected chi connectivity index (χ4v) is 6.10. The Balaban J connectivity index is 1.48. The van der Waals surface area contributed by atoms with Crippen LogP contribution < -0.4 is 4.72 Å². The molecule has 1 N–H and O–H groups in total. The van der Waals surface area contributed by atoms with Crippen molar-refractivity contribution < 1.29 is 18.0 Å². The average molecular weight is 470 g/mol. The maximum atomic E-state index is 13.3. The zero-order valence-electron chi connectivity index (χ0n) is 19.2. The van der Waals surface area contributed by atoms with Gasteiger partial charge in [0.05, 0.1) is 16.1 Å². The van der Waals surface area contributed by atoms with Gasteiger partial charge in [0, 0.05) is 32.1 Å². The zero-order chi connectivity index (χ0) is 23.6. The third-order valence-electron chi connectivity index (χ3n) is 6.62. The van der Waals surface area contributed by atoms with E-state index in [1.807, 2.05) is 17.9 Å². The molecule has 176 valence electrons. The highest BCUT2D eigenvalue weighted by Crippen LogP contribution is 2.28. The summed E-state index contributed by atoms with van der Waals surface area (Å²) >= 11 is 0. The molecule has 33 heavy (non-hydrogen) atoms. The third kappa shape index (κ3) is 5.05. The summed E-state index contributed by atoms with van der Waals surface area (Å²) in [5.41, 5.74) is 2.05. The van der Waals surface area contributed by atoms with Gasteiger partial charge in [0.25, 0.3) is 15.9 Å². The zero-order valence-corrected chi connectivity index (χ0v) is 20.0. The maximum absolute atomic E-state index is 13.3. The fourth-order valence-electron chi connectivity index (χ4n) is 4.69. The topological polar surface area (TPSA) is 86.8 Å². The van der Waals surface area contributed by atoms with E-state index < -0.39 is 10.0 Å². The lowest BCUT2D eigenvalue weighted by molar-refractivity contribution is -0.136. The van der Waals surface area contributed by atoms with Crippen LogP contribution in [-0.2, 0) is 14.8 Å². The van der Waals surface area contributed by atoms with E-state index in [2.05, 4.69) is 4.72 Å². The number of sulfonamides is 1. The smallest absolute Gasteiger partial charge is 0.262 e. The first-order chi connectivity index (χ1) is 15.8. The molecule has 1 aliphatic carbocycles. The van der Waals surface area contributed by atoms with Crippen LogP contribution in [0.15, 0.2) is 47.4 Å². The first kappa shape index (κ1) is 23.3. The SMILES string of the molecule is Cc1ccc(C)c(S(=O)(=O)Nc2ccccc2C(=O)N2CCN(C(=O)C3CCCC3)CC2)c1. The van der Waals surface area contributed by atoms with E-state index in [1.54, 1.807) is 48.2 Å². The van der Waals surface area contributed by atoms with Crippen LogP contribution in [0, 0.1) is 19.8 Å². The van der Waals surface area contributed by atoms with Crippen LogP contribution in [-0.4, -0.2) is 56.2 Å². The molecule has 0 aromatic heterocycles. The van der Waals surface area contributed by atoms with Gasteiger partial charge in [-0.15, -0.1) is 0 Å². The molecular weight excluding hydrogens is 438 g/mol. The van der Waals surface area contributed by atoms with Crippen LogP contribution in [0.4, 0.5) is 5.69 Å². The monoisotopic (exact) mass is 469 g/mol. The molecule has 1 saturated heterocycles. The minimum Gasteiger partial charge on any atom is -0.339 e. The van der Waals surface area contributed by atoms with E-state index in [-0.39, 0.29) is 28.3 Å². The Labute approximate surface area is 195 Å². The lowest BCUT2D eigenvalue weighted by Gasteiger charge is -2.36. The van der Waals surface area contributed by atoms with Crippen molar-refractivity contribution in [2.45, 2.75) is 44.4 Å². The van der Waals surface area contributed by atoms with Crippen LogP contribution in [0.5, 0.6) is 0 Å². The number of nitrogens with one attached hydrogen (secondary N) is 1. The van der Waals surface area contributed by atoms with Gasteiger partial charge in [-0.25, -0.2) is 8.42 Å². The van der Waals surface area contributed by atoms with Gasteiger partial charge in [0.1, 0.15) is 0 Å². The van der Waals surface area contributed by atoms with E-state index in [4.69, 9.17) is 0 Å². The molecule has 0 atom stereocenters. The number of piperazine rings is 1. The van der Waals surface area contributed by atoms with Crippen molar-refractivity contribution in [3.05, 3.63) is 59.2 Å². The summed E-state index contributed by atoms with van der Waals surface area (Å²) in [4.78, 5) is 29.7. The number of hydrogen-bond donors (Lipinski definition) is 1. The van der Waals surface area contributed by atoms with Crippen molar-refractivity contribution in [3.63, 3.8) is 0 Å². The number of benzene rings is 2. The lowest BCUT2D eigenvalue weighted by atomic mass is 10.1. The van der Waals surface area contributed by atoms with Crippen molar-refractivity contribution >= 4 is 27.5 Å². The van der Waals surface area contributed by atoms with E-state index in [0.717, 1.165) is 31.2 Å². The predicted octanol–water partition coefficient (Wildman–Crippen LogP) is 3.58. The standard InChI is InChI=1S/C25H31N3O4S/c1-18-11-12-19(2)23(17-18)33(31,32)26-22-10-6-5-9-21(22)25(30)28-15-13-27(14-16-28)24(29)20-7-3-4-8-20/h5-6,9-12,17,20,26H,3-4,7-8,13-16H2,1-2H3. The molecule has 0 radical (unpaired) electrons. The van der Waals surface area contributed by atoms with Crippen LogP contribution in [0.1, 0.15) is 47.2 Å². The minimum atomic E-state index is -3.86. The summed E-state index contributed by atoms with van der Waals surface area (Å²) < 4.78 is 28.8. The Morgan fingerprint density at radius 3 is 2.24 bits per heavy atom. The number of carbonyl (C=O) groups excluding carboxylic acids is 2. The summed E-state index contributed by atoms with van der Waals surface area (Å²) in [5.74, 6) is 0.107. The summed E-state index contributed by atoms with van der Waals surface area (Å²) in [7, 11) is -3.86. The molecule has 2 fully saturated rings. The van der Waals surface area contributed by atoms with Crippen molar-refractivity contribution in [1.29, 1.82) is 0 Å². The Hall–Kier alpha value is -2.87. The van der Waals surface area contributed by atoms with Crippen molar-refractivity contribution in [1.82, 2.24) is 9.80 Å². The summed E-state index contributed by atoms with van der Waals surface area (Å²) in [5, 5.41) is 0. The maximum Gasteiger partial charge on any atom is 0.262 e. The van der Waals surface area contributed by atoms with E-state index in [1.165, 1.54) is 0 Å². The number of hydrogen-bond acceptors (Lipinski definition) is 4. The number of aryl methyl sites for hydroxylation is 2. The van der Waals surface area contributed by atoms with E-state index >= 15 is 0 Å².